The Labute approximate surface area is 151 Å². The fourth-order valence-corrected chi connectivity index (χ4v) is 2.40. The molecule has 0 fully saturated rings. The molecule has 1 amide bonds. The topological polar surface area (TPSA) is 76.7 Å². The van der Waals surface area contributed by atoms with Crippen LogP contribution in [0.1, 0.15) is 27.6 Å². The predicted molar refractivity (Wildman–Crippen MR) is 99.7 cm³/mol. The van der Waals surface area contributed by atoms with Crippen molar-refractivity contribution in [1.29, 1.82) is 0 Å². The van der Waals surface area contributed by atoms with Crippen molar-refractivity contribution < 1.29 is 19.1 Å². The number of rotatable bonds is 5. The molecule has 0 heterocycles. The van der Waals surface area contributed by atoms with Gasteiger partial charge in [0.15, 0.2) is 10.9 Å². The van der Waals surface area contributed by atoms with E-state index in [9.17, 15) is 9.59 Å². The summed E-state index contributed by atoms with van der Waals surface area (Å²) in [5.74, 6) is 0.286. The van der Waals surface area contributed by atoms with E-state index >= 15 is 0 Å². The van der Waals surface area contributed by atoms with E-state index < -0.39 is 5.91 Å². The number of nitrogens with one attached hydrogen (secondary N) is 2. The highest BCUT2D eigenvalue weighted by atomic mass is 32.1. The van der Waals surface area contributed by atoms with Crippen molar-refractivity contribution >= 4 is 34.7 Å². The van der Waals surface area contributed by atoms with Crippen molar-refractivity contribution in [3.63, 3.8) is 0 Å². The predicted octanol–water partition coefficient (Wildman–Crippen LogP) is 3.03. The summed E-state index contributed by atoms with van der Waals surface area (Å²) in [5.41, 5.74) is 1.50. The Hall–Kier alpha value is -2.93. The van der Waals surface area contributed by atoms with Gasteiger partial charge in [-0.15, -0.1) is 0 Å². The minimum absolute atomic E-state index is 0.0225. The normalized spacial score (nSPS) is 9.88. The Morgan fingerprint density at radius 2 is 1.52 bits per heavy atom. The monoisotopic (exact) mass is 358 g/mol. The first kappa shape index (κ1) is 18.4. The quantitative estimate of drug-likeness (QED) is 0.632. The molecule has 6 nitrogen and oxygen atoms in total. The Morgan fingerprint density at radius 3 is 2.00 bits per heavy atom. The number of thiocarbonyl (C=S) groups is 1. The molecule has 0 radical (unpaired) electrons. The second kappa shape index (κ2) is 8.25. The molecule has 0 saturated carbocycles. The molecule has 0 aliphatic carbocycles. The van der Waals surface area contributed by atoms with Gasteiger partial charge in [0.1, 0.15) is 17.1 Å². The average molecular weight is 358 g/mol. The molecule has 7 heteroatoms. The first-order valence-electron chi connectivity index (χ1n) is 7.40. The molecule has 2 rings (SSSR count). The van der Waals surface area contributed by atoms with Crippen LogP contribution >= 0.6 is 12.2 Å². The number of Topliss-reactive ketones (excluding diaryl/α,β-unsaturated/α-hetero) is 1. The third-order valence-electron chi connectivity index (χ3n) is 3.43. The maximum atomic E-state index is 12.5. The van der Waals surface area contributed by atoms with Crippen molar-refractivity contribution in [2.75, 3.05) is 19.5 Å². The van der Waals surface area contributed by atoms with Crippen LogP contribution in [-0.2, 0) is 0 Å². The molecule has 0 aromatic heterocycles. The van der Waals surface area contributed by atoms with Gasteiger partial charge in [0.25, 0.3) is 5.91 Å². The first-order chi connectivity index (χ1) is 12.0. The lowest BCUT2D eigenvalue weighted by Crippen LogP contribution is -2.34. The number of hydrogen-bond acceptors (Lipinski definition) is 5. The van der Waals surface area contributed by atoms with Gasteiger partial charge in [-0.05, 0) is 55.5 Å². The number of amides is 1. The number of methoxy groups -OCH3 is 2. The first-order valence-corrected chi connectivity index (χ1v) is 7.81. The second-order valence-corrected chi connectivity index (χ2v) is 5.49. The summed E-state index contributed by atoms with van der Waals surface area (Å²) >= 11 is 5.16. The van der Waals surface area contributed by atoms with Crippen LogP contribution in [0.25, 0.3) is 0 Å². The van der Waals surface area contributed by atoms with Crippen LogP contribution in [0, 0.1) is 0 Å². The van der Waals surface area contributed by atoms with Gasteiger partial charge >= 0.3 is 0 Å². The van der Waals surface area contributed by atoms with Crippen LogP contribution in [0.15, 0.2) is 42.5 Å². The van der Waals surface area contributed by atoms with E-state index in [0.717, 1.165) is 0 Å². The van der Waals surface area contributed by atoms with E-state index in [4.69, 9.17) is 21.7 Å². The van der Waals surface area contributed by atoms with Gasteiger partial charge in [-0.2, -0.15) is 0 Å². The zero-order valence-electron chi connectivity index (χ0n) is 14.1. The van der Waals surface area contributed by atoms with E-state index in [2.05, 4.69) is 10.6 Å². The number of carbonyl (C=O) groups excluding carboxylic acids is 2. The Kier molecular flexibility index (Phi) is 6.08. The largest absolute Gasteiger partial charge is 0.496 e. The van der Waals surface area contributed by atoms with Gasteiger partial charge in [-0.3, -0.25) is 14.9 Å². The fourth-order valence-electron chi connectivity index (χ4n) is 2.19. The van der Waals surface area contributed by atoms with Crippen molar-refractivity contribution in [3.05, 3.63) is 53.6 Å². The molecule has 0 saturated heterocycles. The SMILES string of the molecule is COc1cccc(OC)c1C(=O)NC(=S)Nc1ccc(C(C)=O)cc1. The van der Waals surface area contributed by atoms with Gasteiger partial charge in [0, 0.05) is 11.3 Å². The molecule has 130 valence electrons. The molecule has 2 N–H and O–H groups in total. The summed E-state index contributed by atoms with van der Waals surface area (Å²) < 4.78 is 10.4. The van der Waals surface area contributed by atoms with Gasteiger partial charge in [0.2, 0.25) is 0 Å². The Morgan fingerprint density at radius 1 is 0.960 bits per heavy atom. The van der Waals surface area contributed by atoms with E-state index in [0.29, 0.717) is 22.7 Å². The maximum Gasteiger partial charge on any atom is 0.264 e. The van der Waals surface area contributed by atoms with Gasteiger partial charge in [-0.1, -0.05) is 6.07 Å². The molecule has 0 aliphatic heterocycles. The van der Waals surface area contributed by atoms with Crippen molar-refractivity contribution in [2.45, 2.75) is 6.92 Å². The standard InChI is InChI=1S/C18H18N2O4S/c1-11(21)12-7-9-13(10-8-12)19-18(25)20-17(22)16-14(23-2)5-4-6-15(16)24-3/h4-10H,1-3H3,(H2,19,20,22,25). The lowest BCUT2D eigenvalue weighted by molar-refractivity contribution is 0.0970. The molecular weight excluding hydrogens is 340 g/mol. The number of ketones is 1. The minimum atomic E-state index is -0.452. The summed E-state index contributed by atoms with van der Waals surface area (Å²) in [5, 5.41) is 5.60. The Balaban J connectivity index is 2.10. The third-order valence-corrected chi connectivity index (χ3v) is 3.64. The van der Waals surface area contributed by atoms with Crippen molar-refractivity contribution in [3.8, 4) is 11.5 Å². The zero-order chi connectivity index (χ0) is 18.4. The molecule has 0 bridgehead atoms. The molecule has 2 aromatic carbocycles. The molecule has 0 spiro atoms. The fraction of sp³-hybridized carbons (Fsp3) is 0.167. The van der Waals surface area contributed by atoms with Crippen LogP contribution in [0.2, 0.25) is 0 Å². The third kappa shape index (κ3) is 4.54. The maximum absolute atomic E-state index is 12.5. The minimum Gasteiger partial charge on any atom is -0.496 e. The van der Waals surface area contributed by atoms with Crippen LogP contribution < -0.4 is 20.1 Å². The van der Waals surface area contributed by atoms with Crippen LogP contribution in [-0.4, -0.2) is 31.0 Å². The number of ether oxygens (including phenoxy) is 2. The number of hydrogen-bond donors (Lipinski definition) is 2. The van der Waals surface area contributed by atoms with Gasteiger partial charge < -0.3 is 14.8 Å². The smallest absolute Gasteiger partial charge is 0.264 e. The van der Waals surface area contributed by atoms with Crippen LogP contribution in [0.4, 0.5) is 5.69 Å². The van der Waals surface area contributed by atoms with Gasteiger partial charge in [0.05, 0.1) is 14.2 Å². The van der Waals surface area contributed by atoms with Crippen molar-refractivity contribution in [1.82, 2.24) is 5.32 Å². The number of carbonyl (C=O) groups is 2. The number of benzene rings is 2. The molecule has 0 aliphatic rings. The molecule has 25 heavy (non-hydrogen) atoms. The van der Waals surface area contributed by atoms with E-state index in [1.165, 1.54) is 21.1 Å². The summed E-state index contributed by atoms with van der Waals surface area (Å²) in [6.07, 6.45) is 0. The lowest BCUT2D eigenvalue weighted by Gasteiger charge is -2.14. The van der Waals surface area contributed by atoms with E-state index in [-0.39, 0.29) is 16.5 Å². The highest BCUT2D eigenvalue weighted by Crippen LogP contribution is 2.27. The molecule has 0 atom stereocenters. The zero-order valence-corrected chi connectivity index (χ0v) is 14.9. The second-order valence-electron chi connectivity index (χ2n) is 5.08. The molecule has 0 unspecified atom stereocenters. The van der Waals surface area contributed by atoms with Crippen LogP contribution in [0.3, 0.4) is 0 Å². The summed E-state index contributed by atoms with van der Waals surface area (Å²) in [6, 6.07) is 11.8. The van der Waals surface area contributed by atoms with E-state index in [1.807, 2.05) is 0 Å². The Bertz CT molecular complexity index is 781. The highest BCUT2D eigenvalue weighted by molar-refractivity contribution is 7.80. The van der Waals surface area contributed by atoms with Gasteiger partial charge in [-0.25, -0.2) is 0 Å². The summed E-state index contributed by atoms with van der Waals surface area (Å²) in [7, 11) is 2.94. The summed E-state index contributed by atoms with van der Waals surface area (Å²) in [6.45, 7) is 1.49. The summed E-state index contributed by atoms with van der Waals surface area (Å²) in [4.78, 5) is 23.8. The van der Waals surface area contributed by atoms with Crippen LogP contribution in [0.5, 0.6) is 11.5 Å². The molecular formula is C18H18N2O4S. The lowest BCUT2D eigenvalue weighted by atomic mass is 10.1. The highest BCUT2D eigenvalue weighted by Gasteiger charge is 2.19. The number of anilines is 1. The van der Waals surface area contributed by atoms with Crippen molar-refractivity contribution in [2.24, 2.45) is 0 Å². The van der Waals surface area contributed by atoms with E-state index in [1.54, 1.807) is 42.5 Å². The molecule has 2 aromatic rings. The average Bonchev–Trinajstić information content (AvgIpc) is 2.61.